The highest BCUT2D eigenvalue weighted by Gasteiger charge is 2.09. The fourth-order valence-electron chi connectivity index (χ4n) is 2.49. The van der Waals surface area contributed by atoms with Crippen LogP contribution >= 0.6 is 0 Å². The maximum absolute atomic E-state index is 11.1. The maximum atomic E-state index is 11.1. The highest BCUT2D eigenvalue weighted by molar-refractivity contribution is 5.69. The Hall–Kier alpha value is -1.06. The van der Waals surface area contributed by atoms with E-state index in [0.717, 1.165) is 25.7 Å². The molecule has 0 amide bonds. The van der Waals surface area contributed by atoms with E-state index in [4.69, 9.17) is 0 Å². The average Bonchev–Trinajstić information content (AvgIpc) is 2.51. The summed E-state index contributed by atoms with van der Waals surface area (Å²) in [5.74, 6) is 0.439. The number of unbranched alkanes of at least 4 members (excludes halogenated alkanes) is 5. The molecule has 0 rings (SSSR count). The Morgan fingerprint density at radius 2 is 1.29 bits per heavy atom. The normalized spacial score (nSPS) is 12.0. The lowest BCUT2D eigenvalue weighted by molar-refractivity contribution is -0.141. The Morgan fingerprint density at radius 1 is 0.762 bits per heavy atom. The van der Waals surface area contributed by atoms with Gasteiger partial charge in [0, 0.05) is 12.8 Å². The maximum Gasteiger partial charge on any atom is 0.305 e. The van der Waals surface area contributed by atoms with Gasteiger partial charge in [0.1, 0.15) is 0 Å². The highest BCUT2D eigenvalue weighted by Crippen LogP contribution is 2.20. The summed E-state index contributed by atoms with van der Waals surface area (Å²) in [4.78, 5) is 22.1. The quantitative estimate of drug-likeness (QED) is 0.377. The van der Waals surface area contributed by atoms with Gasteiger partial charge in [-0.25, -0.2) is 0 Å². The summed E-state index contributed by atoms with van der Waals surface area (Å²) < 4.78 is 9.29. The number of rotatable bonds is 13. The van der Waals surface area contributed by atoms with Crippen molar-refractivity contribution in [3.63, 3.8) is 0 Å². The van der Waals surface area contributed by atoms with Crippen LogP contribution in [0, 0.1) is 5.92 Å². The van der Waals surface area contributed by atoms with Crippen LogP contribution in [0.4, 0.5) is 0 Å². The topological polar surface area (TPSA) is 52.6 Å². The molecule has 0 fully saturated rings. The number of esters is 2. The van der Waals surface area contributed by atoms with E-state index in [0.29, 0.717) is 18.8 Å². The molecule has 0 saturated carbocycles. The van der Waals surface area contributed by atoms with Crippen molar-refractivity contribution in [3.8, 4) is 0 Å². The van der Waals surface area contributed by atoms with Crippen molar-refractivity contribution in [2.24, 2.45) is 5.92 Å². The molecule has 0 aliphatic rings. The fraction of sp³-hybridized carbons (Fsp3) is 0.882. The molecule has 124 valence electrons. The molecule has 0 spiro atoms. The predicted molar refractivity (Wildman–Crippen MR) is 84.0 cm³/mol. The zero-order chi connectivity index (χ0) is 15.9. The molecule has 21 heavy (non-hydrogen) atoms. The zero-order valence-corrected chi connectivity index (χ0v) is 14.0. The molecular weight excluding hydrogens is 268 g/mol. The Kier molecular flexibility index (Phi) is 13.2. The van der Waals surface area contributed by atoms with Crippen molar-refractivity contribution in [2.75, 3.05) is 14.2 Å². The van der Waals surface area contributed by atoms with Crippen molar-refractivity contribution in [1.29, 1.82) is 0 Å². The molecule has 0 aromatic carbocycles. The van der Waals surface area contributed by atoms with Crippen LogP contribution in [0.2, 0.25) is 0 Å². The third-order valence-corrected chi connectivity index (χ3v) is 4.03. The van der Waals surface area contributed by atoms with Crippen molar-refractivity contribution < 1.29 is 19.1 Å². The van der Waals surface area contributed by atoms with E-state index in [9.17, 15) is 9.59 Å². The lowest BCUT2D eigenvalue weighted by Crippen LogP contribution is -2.06. The lowest BCUT2D eigenvalue weighted by Gasteiger charge is -2.13. The summed E-state index contributed by atoms with van der Waals surface area (Å²) in [7, 11) is 2.89. The Labute approximate surface area is 129 Å². The molecule has 1 atom stereocenters. The first kappa shape index (κ1) is 19.9. The van der Waals surface area contributed by atoms with Crippen molar-refractivity contribution >= 4 is 11.9 Å². The van der Waals surface area contributed by atoms with Gasteiger partial charge < -0.3 is 9.47 Å². The molecule has 0 radical (unpaired) electrons. The van der Waals surface area contributed by atoms with Crippen LogP contribution < -0.4 is 0 Å². The van der Waals surface area contributed by atoms with Crippen LogP contribution in [0.15, 0.2) is 0 Å². The van der Waals surface area contributed by atoms with E-state index in [1.54, 1.807) is 0 Å². The molecule has 4 nitrogen and oxygen atoms in total. The summed E-state index contributed by atoms with van der Waals surface area (Å²) in [5, 5.41) is 0. The van der Waals surface area contributed by atoms with Gasteiger partial charge in [-0.15, -0.1) is 0 Å². The van der Waals surface area contributed by atoms with Crippen LogP contribution in [0.3, 0.4) is 0 Å². The van der Waals surface area contributed by atoms with Gasteiger partial charge in [-0.1, -0.05) is 51.9 Å². The molecule has 0 aromatic rings. The van der Waals surface area contributed by atoms with Gasteiger partial charge in [0.15, 0.2) is 0 Å². The Morgan fingerprint density at radius 3 is 1.86 bits per heavy atom. The molecular formula is C17H32O4. The fourth-order valence-corrected chi connectivity index (χ4v) is 2.49. The minimum absolute atomic E-state index is 0.0981. The van der Waals surface area contributed by atoms with E-state index in [1.165, 1.54) is 46.3 Å². The number of methoxy groups -OCH3 is 2. The van der Waals surface area contributed by atoms with Gasteiger partial charge in [0.05, 0.1) is 14.2 Å². The summed E-state index contributed by atoms with van der Waals surface area (Å²) >= 11 is 0. The van der Waals surface area contributed by atoms with Gasteiger partial charge in [-0.3, -0.25) is 9.59 Å². The van der Waals surface area contributed by atoms with E-state index >= 15 is 0 Å². The van der Waals surface area contributed by atoms with E-state index in [-0.39, 0.29) is 11.9 Å². The van der Waals surface area contributed by atoms with Crippen LogP contribution in [-0.2, 0) is 19.1 Å². The first-order valence-electron chi connectivity index (χ1n) is 8.27. The van der Waals surface area contributed by atoms with Crippen LogP contribution in [0.25, 0.3) is 0 Å². The summed E-state index contributed by atoms with van der Waals surface area (Å²) in [5.41, 5.74) is 0. The Bertz CT molecular complexity index is 276. The number of hydrogen-bond acceptors (Lipinski definition) is 4. The summed E-state index contributed by atoms with van der Waals surface area (Å²) in [6.45, 7) is 2.19. The molecule has 1 unspecified atom stereocenters. The monoisotopic (exact) mass is 300 g/mol. The van der Waals surface area contributed by atoms with Crippen LogP contribution in [0.1, 0.15) is 77.6 Å². The van der Waals surface area contributed by atoms with Gasteiger partial charge in [-0.05, 0) is 18.8 Å². The van der Waals surface area contributed by atoms with E-state index in [1.807, 2.05) is 0 Å². The average molecular weight is 300 g/mol. The smallest absolute Gasteiger partial charge is 0.305 e. The molecule has 4 heteroatoms. The van der Waals surface area contributed by atoms with E-state index < -0.39 is 0 Å². The first-order valence-corrected chi connectivity index (χ1v) is 8.27. The molecule has 0 N–H and O–H groups in total. The molecule has 0 aliphatic heterocycles. The standard InChI is InChI=1S/C17H32O4/c1-4-15(13-14-17(19)21-3)11-9-7-5-6-8-10-12-16(18)20-2/h15H,4-14H2,1-3H3. The largest absolute Gasteiger partial charge is 0.469 e. The SMILES string of the molecule is CCC(CCCCCCCCC(=O)OC)CCC(=O)OC. The van der Waals surface area contributed by atoms with Gasteiger partial charge >= 0.3 is 11.9 Å². The molecule has 0 aliphatic carbocycles. The summed E-state index contributed by atoms with van der Waals surface area (Å²) in [6, 6.07) is 0. The van der Waals surface area contributed by atoms with Crippen molar-refractivity contribution in [3.05, 3.63) is 0 Å². The molecule has 0 heterocycles. The second-order valence-electron chi connectivity index (χ2n) is 5.63. The highest BCUT2D eigenvalue weighted by atomic mass is 16.5. The molecule has 0 aromatic heterocycles. The zero-order valence-electron chi connectivity index (χ0n) is 14.0. The second kappa shape index (κ2) is 13.9. The number of carbonyl (C=O) groups is 2. The Balaban J connectivity index is 3.42. The predicted octanol–water partition coefficient (Wildman–Crippen LogP) is 4.26. The third kappa shape index (κ3) is 12.4. The third-order valence-electron chi connectivity index (χ3n) is 4.03. The minimum atomic E-state index is -0.105. The van der Waals surface area contributed by atoms with E-state index in [2.05, 4.69) is 16.4 Å². The van der Waals surface area contributed by atoms with Gasteiger partial charge in [0.2, 0.25) is 0 Å². The number of ether oxygens (including phenoxy) is 2. The molecule has 0 saturated heterocycles. The van der Waals surface area contributed by atoms with Crippen molar-refractivity contribution in [2.45, 2.75) is 77.6 Å². The lowest BCUT2D eigenvalue weighted by atomic mass is 9.93. The minimum Gasteiger partial charge on any atom is -0.469 e. The molecule has 0 bridgehead atoms. The summed E-state index contributed by atoms with van der Waals surface area (Å²) in [6.07, 6.45) is 11.3. The van der Waals surface area contributed by atoms with Crippen LogP contribution in [0.5, 0.6) is 0 Å². The van der Waals surface area contributed by atoms with Crippen molar-refractivity contribution in [1.82, 2.24) is 0 Å². The van der Waals surface area contributed by atoms with Gasteiger partial charge in [-0.2, -0.15) is 0 Å². The first-order chi connectivity index (χ1) is 10.1. The number of hydrogen-bond donors (Lipinski definition) is 0. The number of carbonyl (C=O) groups excluding carboxylic acids is 2. The second-order valence-corrected chi connectivity index (χ2v) is 5.63. The van der Waals surface area contributed by atoms with Crippen LogP contribution in [-0.4, -0.2) is 26.2 Å². The van der Waals surface area contributed by atoms with Gasteiger partial charge in [0.25, 0.3) is 0 Å².